The third-order valence-corrected chi connectivity index (χ3v) is 5.31. The monoisotopic (exact) mass is 243 g/mol. The van der Waals surface area contributed by atoms with E-state index in [9.17, 15) is 4.79 Å². The van der Waals surface area contributed by atoms with Crippen LogP contribution in [-0.4, -0.2) is 10.4 Å². The molecule has 18 heavy (non-hydrogen) atoms. The van der Waals surface area contributed by atoms with Gasteiger partial charge in [-0.05, 0) is 55.9 Å². The van der Waals surface area contributed by atoms with Crippen LogP contribution in [0.1, 0.15) is 48.9 Å². The normalized spacial score (nSPS) is 34.1. The van der Waals surface area contributed by atoms with E-state index in [-0.39, 0.29) is 0 Å². The van der Waals surface area contributed by atoms with Crippen molar-refractivity contribution in [2.75, 3.05) is 0 Å². The van der Waals surface area contributed by atoms with Crippen LogP contribution in [0.4, 0.5) is 0 Å². The molecule has 3 saturated carbocycles. The Morgan fingerprint density at radius 2 is 2.11 bits per heavy atom. The van der Waals surface area contributed by atoms with Crippen LogP contribution in [0, 0.1) is 23.7 Å². The van der Waals surface area contributed by atoms with Gasteiger partial charge in [0.1, 0.15) is 0 Å². The van der Waals surface area contributed by atoms with Gasteiger partial charge in [-0.1, -0.05) is 6.42 Å². The molecular weight excluding hydrogens is 222 g/mol. The molecule has 0 aromatic carbocycles. The first-order chi connectivity index (χ1) is 8.79. The predicted octanol–water partition coefficient (Wildman–Crippen LogP) is 3.52. The van der Waals surface area contributed by atoms with Crippen molar-refractivity contribution in [3.63, 3.8) is 0 Å². The molecule has 3 atom stereocenters. The van der Waals surface area contributed by atoms with E-state index >= 15 is 0 Å². The molecule has 1 aromatic heterocycles. The summed E-state index contributed by atoms with van der Waals surface area (Å²) in [6, 6.07) is 2.02. The fourth-order valence-electron chi connectivity index (χ4n) is 4.15. The molecule has 4 rings (SSSR count). The third kappa shape index (κ3) is 1.82. The largest absolute Gasteiger partial charge is 0.353 e. The number of carbonyl (C=O) groups excluding carboxylic acids is 1. The first-order valence-corrected chi connectivity index (χ1v) is 7.49. The summed E-state index contributed by atoms with van der Waals surface area (Å²) in [5.41, 5.74) is 0.945. The van der Waals surface area contributed by atoms with Crippen molar-refractivity contribution < 1.29 is 4.79 Å². The summed E-state index contributed by atoms with van der Waals surface area (Å²) in [5.74, 6) is 3.59. The summed E-state index contributed by atoms with van der Waals surface area (Å²) in [7, 11) is 0. The lowest BCUT2D eigenvalue weighted by Gasteiger charge is -2.21. The number of aromatic nitrogens is 1. The minimum atomic E-state index is 0.350. The third-order valence-electron chi connectivity index (χ3n) is 5.31. The molecule has 1 aromatic rings. The van der Waals surface area contributed by atoms with E-state index in [1.165, 1.54) is 25.7 Å². The average molecular weight is 243 g/mol. The lowest BCUT2D eigenvalue weighted by atomic mass is 9.89. The topological polar surface area (TPSA) is 22.0 Å². The number of hydrogen-bond donors (Lipinski definition) is 0. The van der Waals surface area contributed by atoms with E-state index in [1.807, 2.05) is 6.07 Å². The Kier molecular flexibility index (Phi) is 2.39. The summed E-state index contributed by atoms with van der Waals surface area (Å²) >= 11 is 0. The van der Waals surface area contributed by atoms with Crippen molar-refractivity contribution in [2.24, 2.45) is 23.7 Å². The molecular formula is C16H21NO. The van der Waals surface area contributed by atoms with Crippen LogP contribution < -0.4 is 0 Å². The molecule has 0 N–H and O–H groups in total. The molecule has 0 spiro atoms. The maximum atomic E-state index is 12.0. The van der Waals surface area contributed by atoms with E-state index in [4.69, 9.17) is 0 Å². The van der Waals surface area contributed by atoms with E-state index < -0.39 is 0 Å². The average Bonchev–Trinajstić information content (AvgIpc) is 2.81. The number of nitrogens with zero attached hydrogens (tertiary/aromatic N) is 1. The number of carbonyl (C=O) groups is 1. The lowest BCUT2D eigenvalue weighted by molar-refractivity contribution is 0.0967. The van der Waals surface area contributed by atoms with Gasteiger partial charge in [-0.15, -0.1) is 0 Å². The number of Topliss-reactive ketones (excluding diaryl/α,β-unsaturated/α-hetero) is 1. The Bertz CT molecular complexity index is 471. The summed E-state index contributed by atoms with van der Waals surface area (Å²) in [6.07, 6.45) is 12.2. The van der Waals surface area contributed by atoms with E-state index in [1.54, 1.807) is 0 Å². The number of fused-ring (bicyclic) bond motifs is 2. The maximum absolute atomic E-state index is 12.0. The Labute approximate surface area is 108 Å². The van der Waals surface area contributed by atoms with Crippen LogP contribution in [0.2, 0.25) is 0 Å². The molecule has 2 nitrogen and oxygen atoms in total. The Morgan fingerprint density at radius 1 is 1.22 bits per heavy atom. The van der Waals surface area contributed by atoms with Gasteiger partial charge in [0.05, 0.1) is 0 Å². The molecule has 0 saturated heterocycles. The zero-order valence-electron chi connectivity index (χ0n) is 10.8. The predicted molar refractivity (Wildman–Crippen MR) is 70.4 cm³/mol. The molecule has 3 unspecified atom stereocenters. The zero-order valence-corrected chi connectivity index (χ0v) is 10.8. The number of rotatable bonds is 4. The van der Waals surface area contributed by atoms with Crippen LogP contribution in [0.25, 0.3) is 0 Å². The van der Waals surface area contributed by atoms with Crippen LogP contribution in [0.15, 0.2) is 18.5 Å². The summed E-state index contributed by atoms with van der Waals surface area (Å²) < 4.78 is 2.26. The highest BCUT2D eigenvalue weighted by molar-refractivity contribution is 5.99. The highest BCUT2D eigenvalue weighted by atomic mass is 16.1. The van der Waals surface area contributed by atoms with Crippen molar-refractivity contribution in [1.82, 2.24) is 4.57 Å². The van der Waals surface area contributed by atoms with Crippen LogP contribution in [-0.2, 0) is 6.54 Å². The lowest BCUT2D eigenvalue weighted by Crippen LogP contribution is -2.16. The van der Waals surface area contributed by atoms with Gasteiger partial charge in [0.25, 0.3) is 0 Å². The van der Waals surface area contributed by atoms with Crippen molar-refractivity contribution in [3.05, 3.63) is 24.0 Å². The summed E-state index contributed by atoms with van der Waals surface area (Å²) in [6.45, 7) is 1.14. The second-order valence-electron chi connectivity index (χ2n) is 6.67. The van der Waals surface area contributed by atoms with Gasteiger partial charge in [0.2, 0.25) is 0 Å². The van der Waals surface area contributed by atoms with E-state index in [2.05, 4.69) is 17.0 Å². The standard InChI is InChI=1S/C16H21NO/c18-16(12-3-4-12)14-5-6-17(9-14)10-15-8-11-1-2-13(15)7-11/h5-6,9,11-13,15H,1-4,7-8,10H2. The number of hydrogen-bond acceptors (Lipinski definition) is 1. The van der Waals surface area contributed by atoms with E-state index in [0.717, 1.165) is 42.7 Å². The number of ketones is 1. The van der Waals surface area contributed by atoms with Crippen molar-refractivity contribution >= 4 is 5.78 Å². The van der Waals surface area contributed by atoms with Gasteiger partial charge >= 0.3 is 0 Å². The molecule has 3 aliphatic carbocycles. The second-order valence-corrected chi connectivity index (χ2v) is 6.67. The van der Waals surface area contributed by atoms with Crippen LogP contribution in [0.5, 0.6) is 0 Å². The Morgan fingerprint density at radius 3 is 2.78 bits per heavy atom. The molecule has 0 aliphatic heterocycles. The molecule has 3 fully saturated rings. The van der Waals surface area contributed by atoms with Crippen LogP contribution in [0.3, 0.4) is 0 Å². The van der Waals surface area contributed by atoms with Gasteiger partial charge in [-0.2, -0.15) is 0 Å². The van der Waals surface area contributed by atoms with Crippen LogP contribution >= 0.6 is 0 Å². The smallest absolute Gasteiger partial charge is 0.167 e. The molecule has 96 valence electrons. The highest BCUT2D eigenvalue weighted by Crippen LogP contribution is 2.48. The van der Waals surface area contributed by atoms with Gasteiger partial charge in [0, 0.05) is 30.4 Å². The quantitative estimate of drug-likeness (QED) is 0.742. The summed E-state index contributed by atoms with van der Waals surface area (Å²) in [5, 5.41) is 0. The minimum Gasteiger partial charge on any atom is -0.353 e. The zero-order chi connectivity index (χ0) is 12.1. The van der Waals surface area contributed by atoms with Gasteiger partial charge < -0.3 is 4.57 Å². The molecule has 2 heteroatoms. The van der Waals surface area contributed by atoms with E-state index in [0.29, 0.717) is 11.7 Å². The van der Waals surface area contributed by atoms with Gasteiger partial charge in [-0.25, -0.2) is 0 Å². The van der Waals surface area contributed by atoms with Crippen molar-refractivity contribution in [2.45, 2.75) is 45.1 Å². The Balaban J connectivity index is 1.44. The summed E-state index contributed by atoms with van der Waals surface area (Å²) in [4.78, 5) is 12.0. The molecule has 0 radical (unpaired) electrons. The van der Waals surface area contributed by atoms with Gasteiger partial charge in [-0.3, -0.25) is 4.79 Å². The first kappa shape index (κ1) is 10.8. The molecule has 1 heterocycles. The first-order valence-electron chi connectivity index (χ1n) is 7.49. The fourth-order valence-corrected chi connectivity index (χ4v) is 4.15. The SMILES string of the molecule is O=C(c1ccn(CC2CC3CCC2C3)c1)C1CC1. The van der Waals surface area contributed by atoms with Gasteiger partial charge in [0.15, 0.2) is 5.78 Å². The Hall–Kier alpha value is -1.05. The molecule has 3 aliphatic rings. The molecule has 2 bridgehead atoms. The molecule has 0 amide bonds. The van der Waals surface area contributed by atoms with Crippen molar-refractivity contribution in [1.29, 1.82) is 0 Å². The highest BCUT2D eigenvalue weighted by Gasteiger charge is 2.39. The fraction of sp³-hybridized carbons (Fsp3) is 0.688. The maximum Gasteiger partial charge on any atom is 0.167 e. The van der Waals surface area contributed by atoms with Crippen molar-refractivity contribution in [3.8, 4) is 0 Å². The second kappa shape index (κ2) is 3.97. The minimum absolute atomic E-state index is 0.350.